The van der Waals surface area contributed by atoms with E-state index >= 15 is 0 Å². The molecule has 0 fully saturated rings. The van der Waals surface area contributed by atoms with Crippen LogP contribution in [0.4, 0.5) is 0 Å². The zero-order valence-corrected chi connectivity index (χ0v) is 20.4. The van der Waals surface area contributed by atoms with Crippen molar-refractivity contribution in [2.45, 2.75) is 19.1 Å². The van der Waals surface area contributed by atoms with Crippen molar-refractivity contribution in [2.24, 2.45) is 7.05 Å². The van der Waals surface area contributed by atoms with E-state index in [9.17, 15) is 15.0 Å². The Balaban J connectivity index is 1.70. The lowest BCUT2D eigenvalue weighted by Crippen LogP contribution is -2.52. The van der Waals surface area contributed by atoms with E-state index in [1.807, 2.05) is 59.0 Å². The highest BCUT2D eigenvalue weighted by Crippen LogP contribution is 2.46. The van der Waals surface area contributed by atoms with Gasteiger partial charge in [-0.25, -0.2) is 4.68 Å². The lowest BCUT2D eigenvalue weighted by Gasteiger charge is -2.26. The van der Waals surface area contributed by atoms with Crippen LogP contribution in [0.2, 0.25) is 0 Å². The maximum absolute atomic E-state index is 13.3. The summed E-state index contributed by atoms with van der Waals surface area (Å²) in [4.78, 5) is 13.3. The van der Waals surface area contributed by atoms with Crippen LogP contribution in [0.3, 0.4) is 0 Å². The number of rotatable bonds is 7. The minimum atomic E-state index is -1.18. The van der Waals surface area contributed by atoms with Crippen molar-refractivity contribution in [3.63, 3.8) is 0 Å². The van der Waals surface area contributed by atoms with Crippen molar-refractivity contribution < 1.29 is 24.5 Å². The molecule has 9 nitrogen and oxygen atoms in total. The number of hydrogen-bond donors (Lipinski definition) is 3. The summed E-state index contributed by atoms with van der Waals surface area (Å²) in [5.41, 5.74) is 3.87. The summed E-state index contributed by atoms with van der Waals surface area (Å²) >= 11 is 1.53. The average molecular weight is 495 g/mol. The molecule has 5 rings (SSSR count). The van der Waals surface area contributed by atoms with Crippen LogP contribution in [0.15, 0.2) is 47.4 Å². The second-order valence-electron chi connectivity index (χ2n) is 8.80. The summed E-state index contributed by atoms with van der Waals surface area (Å²) in [6, 6.07) is 7.80. The van der Waals surface area contributed by atoms with E-state index in [1.165, 1.54) is 11.3 Å². The molecule has 1 aliphatic rings. The number of hydrogen-bond acceptors (Lipinski definition) is 7. The number of aliphatic hydroxyl groups is 2. The van der Waals surface area contributed by atoms with Gasteiger partial charge in [0.15, 0.2) is 5.69 Å². The van der Waals surface area contributed by atoms with Crippen molar-refractivity contribution >= 4 is 17.2 Å². The number of aryl methyl sites for hydroxylation is 1. The molecule has 4 heterocycles. The third kappa shape index (κ3) is 3.99. The molecule has 10 heteroatoms. The lowest BCUT2D eigenvalue weighted by molar-refractivity contribution is 0.0717. The van der Waals surface area contributed by atoms with E-state index < -0.39 is 24.7 Å². The predicted octanol–water partition coefficient (Wildman–Crippen LogP) is 2.98. The Morgan fingerprint density at radius 3 is 2.71 bits per heavy atom. The molecule has 0 spiro atoms. The molecule has 1 aliphatic heterocycles. The van der Waals surface area contributed by atoms with Crippen LogP contribution in [-0.2, 0) is 13.7 Å². The number of thiophene rings is 1. The molecule has 1 aromatic carbocycles. The standard InChI is InChI=1S/C25H26N4O5S/c1-25(13-30,14-31)26-24(32)22-19-11-34-21-9-20(33-3)17(15-4-6-28(2)10-15)8-18(21)23(19)29(27-22)16-5-7-35-12-16/h4-10,12,30-31H,11,13-14H2,1-3H3,(H,26,32). The van der Waals surface area contributed by atoms with Crippen molar-refractivity contribution in [2.75, 3.05) is 20.3 Å². The minimum absolute atomic E-state index is 0.137. The second-order valence-corrected chi connectivity index (χ2v) is 9.58. The number of methoxy groups -OCH3 is 1. The molecule has 0 saturated heterocycles. The summed E-state index contributed by atoms with van der Waals surface area (Å²) in [5, 5.41) is 30.6. The van der Waals surface area contributed by atoms with Crippen LogP contribution < -0.4 is 14.8 Å². The molecule has 1 amide bonds. The van der Waals surface area contributed by atoms with Crippen LogP contribution in [0.25, 0.3) is 28.1 Å². The van der Waals surface area contributed by atoms with Crippen LogP contribution >= 0.6 is 11.3 Å². The maximum Gasteiger partial charge on any atom is 0.272 e. The van der Waals surface area contributed by atoms with Crippen LogP contribution in [-0.4, -0.2) is 56.3 Å². The van der Waals surface area contributed by atoms with E-state index in [2.05, 4.69) is 10.4 Å². The van der Waals surface area contributed by atoms with Crippen molar-refractivity contribution in [1.82, 2.24) is 19.7 Å². The smallest absolute Gasteiger partial charge is 0.272 e. The Bertz CT molecular complexity index is 1390. The first-order valence-electron chi connectivity index (χ1n) is 11.0. The summed E-state index contributed by atoms with van der Waals surface area (Å²) in [6.07, 6.45) is 3.97. The van der Waals surface area contributed by atoms with Crippen molar-refractivity contribution in [3.05, 3.63) is 58.7 Å². The lowest BCUT2D eigenvalue weighted by atomic mass is 9.96. The van der Waals surface area contributed by atoms with Gasteiger partial charge in [-0.2, -0.15) is 16.4 Å². The number of amides is 1. The molecule has 0 saturated carbocycles. The molecule has 182 valence electrons. The van der Waals surface area contributed by atoms with Gasteiger partial charge in [0.05, 0.1) is 37.2 Å². The molecule has 4 aromatic rings. The Morgan fingerprint density at radius 1 is 1.29 bits per heavy atom. The first-order valence-corrected chi connectivity index (χ1v) is 12.0. The first-order chi connectivity index (χ1) is 16.9. The second kappa shape index (κ2) is 8.88. The van der Waals surface area contributed by atoms with E-state index in [4.69, 9.17) is 9.47 Å². The number of nitrogens with zero attached hydrogens (tertiary/aromatic N) is 3. The molecular formula is C25H26N4O5S. The van der Waals surface area contributed by atoms with E-state index in [-0.39, 0.29) is 12.3 Å². The fourth-order valence-electron chi connectivity index (χ4n) is 4.15. The van der Waals surface area contributed by atoms with Gasteiger partial charge in [0.1, 0.15) is 18.1 Å². The molecule has 0 atom stereocenters. The van der Waals surface area contributed by atoms with Gasteiger partial charge in [-0.3, -0.25) is 4.79 Å². The summed E-state index contributed by atoms with van der Waals surface area (Å²) in [7, 11) is 3.58. The van der Waals surface area contributed by atoms with Crippen LogP contribution in [0.1, 0.15) is 23.0 Å². The molecule has 35 heavy (non-hydrogen) atoms. The monoisotopic (exact) mass is 494 g/mol. The Morgan fingerprint density at radius 2 is 2.09 bits per heavy atom. The molecule has 0 radical (unpaired) electrons. The molecule has 0 unspecified atom stereocenters. The fourth-order valence-corrected chi connectivity index (χ4v) is 4.76. The Labute approximate surface area is 206 Å². The van der Waals surface area contributed by atoms with Gasteiger partial charge < -0.3 is 29.6 Å². The van der Waals surface area contributed by atoms with Gasteiger partial charge in [-0.05, 0) is 30.5 Å². The molecule has 0 aliphatic carbocycles. The number of nitrogens with one attached hydrogen (secondary N) is 1. The highest BCUT2D eigenvalue weighted by Gasteiger charge is 2.34. The Hall–Kier alpha value is -3.60. The normalized spacial score (nSPS) is 12.6. The number of carbonyl (C=O) groups is 1. The summed E-state index contributed by atoms with van der Waals surface area (Å²) in [6.45, 7) is 0.875. The number of ether oxygens (including phenoxy) is 2. The topological polar surface area (TPSA) is 111 Å². The average Bonchev–Trinajstić information content (AvgIpc) is 3.62. The zero-order valence-electron chi connectivity index (χ0n) is 19.6. The third-order valence-corrected chi connectivity index (χ3v) is 6.81. The largest absolute Gasteiger partial charge is 0.496 e. The molecule has 0 bridgehead atoms. The predicted molar refractivity (Wildman–Crippen MR) is 132 cm³/mol. The zero-order chi connectivity index (χ0) is 24.7. The van der Waals surface area contributed by atoms with Gasteiger partial charge in [0, 0.05) is 53.1 Å². The molecular weight excluding hydrogens is 468 g/mol. The van der Waals surface area contributed by atoms with Gasteiger partial charge in [0.25, 0.3) is 5.91 Å². The van der Waals surface area contributed by atoms with Crippen LogP contribution in [0, 0.1) is 0 Å². The van der Waals surface area contributed by atoms with Crippen molar-refractivity contribution in [3.8, 4) is 39.6 Å². The van der Waals surface area contributed by atoms with E-state index in [1.54, 1.807) is 18.7 Å². The van der Waals surface area contributed by atoms with Gasteiger partial charge >= 0.3 is 0 Å². The SMILES string of the molecule is COc1cc2c(cc1-c1ccn(C)c1)-c1c(c(C(=O)NC(C)(CO)CO)nn1-c1ccsc1)CO2. The number of carbonyl (C=O) groups excluding carboxylic acids is 1. The molecule has 3 aromatic heterocycles. The first kappa shape index (κ1) is 23.2. The van der Waals surface area contributed by atoms with E-state index in [0.717, 1.165) is 28.1 Å². The maximum atomic E-state index is 13.3. The Kier molecular flexibility index (Phi) is 5.87. The van der Waals surface area contributed by atoms with Gasteiger partial charge in [-0.1, -0.05) is 0 Å². The number of benzene rings is 1. The van der Waals surface area contributed by atoms with E-state index in [0.29, 0.717) is 17.1 Å². The fraction of sp³-hybridized carbons (Fsp3) is 0.280. The van der Waals surface area contributed by atoms with Gasteiger partial charge in [0.2, 0.25) is 0 Å². The highest BCUT2D eigenvalue weighted by molar-refractivity contribution is 7.08. The quantitative estimate of drug-likeness (QED) is 0.364. The third-order valence-electron chi connectivity index (χ3n) is 6.13. The number of fused-ring (bicyclic) bond motifs is 3. The summed E-state index contributed by atoms with van der Waals surface area (Å²) < 4.78 is 15.5. The number of aliphatic hydroxyl groups excluding tert-OH is 2. The van der Waals surface area contributed by atoms with Crippen LogP contribution in [0.5, 0.6) is 11.5 Å². The summed E-state index contributed by atoms with van der Waals surface area (Å²) in [5.74, 6) is 0.817. The van der Waals surface area contributed by atoms with Crippen molar-refractivity contribution in [1.29, 1.82) is 0 Å². The highest BCUT2D eigenvalue weighted by atomic mass is 32.1. The number of aromatic nitrogens is 3. The van der Waals surface area contributed by atoms with Gasteiger partial charge in [-0.15, -0.1) is 0 Å². The minimum Gasteiger partial charge on any atom is -0.496 e. The molecule has 3 N–H and O–H groups in total.